The van der Waals surface area contributed by atoms with Crippen molar-refractivity contribution in [2.24, 2.45) is 0 Å². The molecule has 0 saturated carbocycles. The zero-order valence-corrected chi connectivity index (χ0v) is 11.3. The number of hydrogen-bond acceptors (Lipinski definition) is 4. The van der Waals surface area contributed by atoms with Crippen LogP contribution in [0.5, 0.6) is 5.75 Å². The molecule has 1 unspecified atom stereocenters. The van der Waals surface area contributed by atoms with Gasteiger partial charge in [0.25, 0.3) is 5.69 Å². The Labute approximate surface area is 120 Å². The van der Waals surface area contributed by atoms with Crippen molar-refractivity contribution in [2.45, 2.75) is 12.5 Å². The van der Waals surface area contributed by atoms with Crippen LogP contribution in [0.1, 0.15) is 17.2 Å². The van der Waals surface area contributed by atoms with E-state index in [-0.39, 0.29) is 17.7 Å². The van der Waals surface area contributed by atoms with Gasteiger partial charge in [0, 0.05) is 30.2 Å². The van der Waals surface area contributed by atoms with Crippen LogP contribution in [-0.2, 0) is 6.42 Å². The van der Waals surface area contributed by atoms with E-state index in [1.165, 1.54) is 31.4 Å². The van der Waals surface area contributed by atoms with Crippen LogP contribution >= 0.6 is 0 Å². The smallest absolute Gasteiger partial charge is 0.269 e. The number of methoxy groups -OCH3 is 1. The van der Waals surface area contributed by atoms with E-state index in [2.05, 4.69) is 0 Å². The summed E-state index contributed by atoms with van der Waals surface area (Å²) >= 11 is 0. The standard InChI is InChI=1S/C15H14FNO4/c1-21-12-6-7-13(14(16)9-12)15(18)8-10-2-4-11(5-3-10)17(19)20/h2-7,9,15,18H,8H2,1H3. The molecule has 1 atom stereocenters. The monoisotopic (exact) mass is 291 g/mol. The Kier molecular flexibility index (Phi) is 4.49. The van der Waals surface area contributed by atoms with Gasteiger partial charge in [-0.05, 0) is 17.7 Å². The molecule has 110 valence electrons. The third-order valence-electron chi connectivity index (χ3n) is 3.14. The number of halogens is 1. The number of nitro groups is 1. The van der Waals surface area contributed by atoms with Gasteiger partial charge in [-0.1, -0.05) is 12.1 Å². The summed E-state index contributed by atoms with van der Waals surface area (Å²) in [6.07, 6.45) is -0.862. The number of ether oxygens (including phenoxy) is 1. The van der Waals surface area contributed by atoms with E-state index in [0.717, 1.165) is 0 Å². The predicted molar refractivity (Wildman–Crippen MR) is 74.7 cm³/mol. The lowest BCUT2D eigenvalue weighted by Gasteiger charge is -2.13. The van der Waals surface area contributed by atoms with Crippen LogP contribution in [0.4, 0.5) is 10.1 Å². The molecule has 1 N–H and O–H groups in total. The van der Waals surface area contributed by atoms with E-state index in [1.54, 1.807) is 18.2 Å². The maximum atomic E-state index is 13.8. The third-order valence-corrected chi connectivity index (χ3v) is 3.14. The number of nitro benzene ring substituents is 1. The average molecular weight is 291 g/mol. The van der Waals surface area contributed by atoms with Crippen molar-refractivity contribution >= 4 is 5.69 Å². The van der Waals surface area contributed by atoms with Crippen molar-refractivity contribution in [2.75, 3.05) is 7.11 Å². The molecule has 21 heavy (non-hydrogen) atoms. The molecule has 2 aromatic carbocycles. The minimum atomic E-state index is -1.03. The highest BCUT2D eigenvalue weighted by atomic mass is 19.1. The Morgan fingerprint density at radius 1 is 1.29 bits per heavy atom. The molecule has 5 nitrogen and oxygen atoms in total. The van der Waals surface area contributed by atoms with Gasteiger partial charge in [-0.2, -0.15) is 0 Å². The molecule has 0 amide bonds. The van der Waals surface area contributed by atoms with Gasteiger partial charge in [0.05, 0.1) is 18.1 Å². The highest BCUT2D eigenvalue weighted by Gasteiger charge is 2.15. The van der Waals surface area contributed by atoms with E-state index in [4.69, 9.17) is 4.74 Å². The molecule has 0 heterocycles. The Morgan fingerprint density at radius 2 is 1.95 bits per heavy atom. The quantitative estimate of drug-likeness (QED) is 0.679. The summed E-state index contributed by atoms with van der Waals surface area (Å²) in [6, 6.07) is 10.0. The summed E-state index contributed by atoms with van der Waals surface area (Å²) in [7, 11) is 1.43. The van der Waals surface area contributed by atoms with Crippen LogP contribution in [0.3, 0.4) is 0 Å². The second kappa shape index (κ2) is 6.32. The summed E-state index contributed by atoms with van der Waals surface area (Å²) in [5.41, 5.74) is 0.821. The summed E-state index contributed by atoms with van der Waals surface area (Å²) < 4.78 is 18.7. The second-order valence-corrected chi connectivity index (χ2v) is 4.53. The summed E-state index contributed by atoms with van der Waals surface area (Å²) in [5.74, 6) is -0.178. The maximum absolute atomic E-state index is 13.8. The van der Waals surface area contributed by atoms with E-state index >= 15 is 0 Å². The minimum Gasteiger partial charge on any atom is -0.497 e. The Morgan fingerprint density at radius 3 is 2.48 bits per heavy atom. The van der Waals surface area contributed by atoms with Crippen molar-refractivity contribution in [1.29, 1.82) is 0 Å². The molecular weight excluding hydrogens is 277 g/mol. The summed E-state index contributed by atoms with van der Waals surface area (Å²) in [5, 5.41) is 20.6. The van der Waals surface area contributed by atoms with Crippen molar-refractivity contribution in [3.63, 3.8) is 0 Å². The van der Waals surface area contributed by atoms with Crippen LogP contribution in [0.15, 0.2) is 42.5 Å². The van der Waals surface area contributed by atoms with Gasteiger partial charge in [-0.15, -0.1) is 0 Å². The van der Waals surface area contributed by atoms with E-state index < -0.39 is 16.8 Å². The number of aliphatic hydroxyl groups is 1. The van der Waals surface area contributed by atoms with E-state index in [0.29, 0.717) is 11.3 Å². The third kappa shape index (κ3) is 3.55. The topological polar surface area (TPSA) is 72.6 Å². The number of benzene rings is 2. The molecule has 6 heteroatoms. The number of hydrogen-bond donors (Lipinski definition) is 1. The highest BCUT2D eigenvalue weighted by molar-refractivity contribution is 5.35. The van der Waals surface area contributed by atoms with Gasteiger partial charge < -0.3 is 9.84 Å². The molecule has 0 radical (unpaired) electrons. The Bertz CT molecular complexity index is 643. The van der Waals surface area contributed by atoms with Crippen molar-refractivity contribution in [3.8, 4) is 5.75 Å². The SMILES string of the molecule is COc1ccc(C(O)Cc2ccc([N+](=O)[O-])cc2)c(F)c1. The number of rotatable bonds is 5. The molecule has 0 fully saturated rings. The number of aliphatic hydroxyl groups excluding tert-OH is 1. The van der Waals surface area contributed by atoms with Crippen molar-refractivity contribution in [3.05, 3.63) is 69.5 Å². The van der Waals surface area contributed by atoms with Gasteiger partial charge in [0.2, 0.25) is 0 Å². The van der Waals surface area contributed by atoms with Gasteiger partial charge in [-0.3, -0.25) is 10.1 Å². The fourth-order valence-corrected chi connectivity index (χ4v) is 1.99. The minimum absolute atomic E-state index is 0.0242. The number of non-ortho nitro benzene ring substituents is 1. The molecule has 0 aliphatic carbocycles. The first-order valence-electron chi connectivity index (χ1n) is 6.26. The van der Waals surface area contributed by atoms with Crippen molar-refractivity contribution in [1.82, 2.24) is 0 Å². The summed E-state index contributed by atoms with van der Waals surface area (Å²) in [4.78, 5) is 10.1. The van der Waals surface area contributed by atoms with Crippen LogP contribution in [0.25, 0.3) is 0 Å². The van der Waals surface area contributed by atoms with Gasteiger partial charge in [0.1, 0.15) is 11.6 Å². The lowest BCUT2D eigenvalue weighted by Crippen LogP contribution is -2.04. The molecule has 2 rings (SSSR count). The first-order valence-corrected chi connectivity index (χ1v) is 6.26. The highest BCUT2D eigenvalue weighted by Crippen LogP contribution is 2.25. The molecule has 0 bridgehead atoms. The first kappa shape index (κ1) is 14.9. The summed E-state index contributed by atoms with van der Waals surface area (Å²) in [6.45, 7) is 0. The zero-order chi connectivity index (χ0) is 15.4. The largest absolute Gasteiger partial charge is 0.497 e. The molecular formula is C15H14FNO4. The molecule has 0 aliphatic rings. The van der Waals surface area contributed by atoms with Crippen LogP contribution in [-0.4, -0.2) is 17.1 Å². The molecule has 0 saturated heterocycles. The predicted octanol–water partition coefficient (Wildman–Crippen LogP) is 3.02. The van der Waals surface area contributed by atoms with Crippen LogP contribution in [0.2, 0.25) is 0 Å². The normalized spacial score (nSPS) is 12.0. The molecule has 2 aromatic rings. The van der Waals surface area contributed by atoms with Crippen molar-refractivity contribution < 1.29 is 19.2 Å². The molecule has 0 aromatic heterocycles. The lowest BCUT2D eigenvalue weighted by molar-refractivity contribution is -0.384. The maximum Gasteiger partial charge on any atom is 0.269 e. The van der Waals surface area contributed by atoms with Gasteiger partial charge in [-0.25, -0.2) is 4.39 Å². The van der Waals surface area contributed by atoms with Crippen LogP contribution in [0, 0.1) is 15.9 Å². The second-order valence-electron chi connectivity index (χ2n) is 4.53. The van der Waals surface area contributed by atoms with E-state index in [9.17, 15) is 19.6 Å². The fourth-order valence-electron chi connectivity index (χ4n) is 1.99. The van der Waals surface area contributed by atoms with Gasteiger partial charge >= 0.3 is 0 Å². The zero-order valence-electron chi connectivity index (χ0n) is 11.3. The first-order chi connectivity index (χ1) is 10.0. The Balaban J connectivity index is 2.13. The van der Waals surface area contributed by atoms with Crippen LogP contribution < -0.4 is 4.74 Å². The Hall–Kier alpha value is -2.47. The fraction of sp³-hybridized carbons (Fsp3) is 0.200. The van der Waals surface area contributed by atoms with E-state index in [1.807, 2.05) is 0 Å². The molecule has 0 aliphatic heterocycles. The molecule has 0 spiro atoms. The van der Waals surface area contributed by atoms with Gasteiger partial charge in [0.15, 0.2) is 0 Å². The number of nitrogens with zero attached hydrogens (tertiary/aromatic N) is 1. The lowest BCUT2D eigenvalue weighted by atomic mass is 10.0. The average Bonchev–Trinajstić information content (AvgIpc) is 2.47.